The third kappa shape index (κ3) is 3.77. The SMILES string of the molecule is Cl.O=C(NC1(c2cccc(Br)c2)CCCCC1)C1CC12CCNCC2. The summed E-state index contributed by atoms with van der Waals surface area (Å²) in [6, 6.07) is 8.53. The summed E-state index contributed by atoms with van der Waals surface area (Å²) in [5, 5.41) is 6.95. The normalized spacial score (nSPS) is 26.5. The van der Waals surface area contributed by atoms with Crippen LogP contribution in [0.4, 0.5) is 0 Å². The Morgan fingerprint density at radius 2 is 1.84 bits per heavy atom. The predicted molar refractivity (Wildman–Crippen MR) is 107 cm³/mol. The Morgan fingerprint density at radius 1 is 1.12 bits per heavy atom. The lowest BCUT2D eigenvalue weighted by molar-refractivity contribution is -0.125. The number of piperidine rings is 1. The first kappa shape index (κ1) is 19.2. The van der Waals surface area contributed by atoms with E-state index in [1.54, 1.807) is 0 Å². The fraction of sp³-hybridized carbons (Fsp3) is 0.650. The van der Waals surface area contributed by atoms with Crippen LogP contribution in [0.2, 0.25) is 0 Å². The maximum absolute atomic E-state index is 13.1. The van der Waals surface area contributed by atoms with Gasteiger partial charge in [-0.05, 0) is 68.3 Å². The topological polar surface area (TPSA) is 41.1 Å². The van der Waals surface area contributed by atoms with Crippen LogP contribution < -0.4 is 10.6 Å². The second-order valence-corrected chi connectivity index (χ2v) is 8.93. The van der Waals surface area contributed by atoms with Gasteiger partial charge in [-0.3, -0.25) is 4.79 Å². The van der Waals surface area contributed by atoms with E-state index >= 15 is 0 Å². The number of carbonyl (C=O) groups is 1. The third-order valence-corrected chi connectivity index (χ3v) is 7.05. The van der Waals surface area contributed by atoms with Gasteiger partial charge in [0.15, 0.2) is 0 Å². The molecule has 0 bridgehead atoms. The summed E-state index contributed by atoms with van der Waals surface area (Å²) >= 11 is 3.60. The Kier molecular flexibility index (Phi) is 5.81. The second kappa shape index (κ2) is 7.58. The van der Waals surface area contributed by atoms with Gasteiger partial charge in [0.2, 0.25) is 5.91 Å². The van der Waals surface area contributed by atoms with Crippen molar-refractivity contribution < 1.29 is 4.79 Å². The molecule has 1 unspecified atom stereocenters. The first-order valence-electron chi connectivity index (χ1n) is 9.42. The van der Waals surface area contributed by atoms with Gasteiger partial charge in [0, 0.05) is 10.4 Å². The highest BCUT2D eigenvalue weighted by atomic mass is 79.9. The molecule has 0 aromatic heterocycles. The minimum absolute atomic E-state index is 0. The highest BCUT2D eigenvalue weighted by Gasteiger charge is 2.58. The number of benzene rings is 1. The molecule has 1 aromatic carbocycles. The molecular formula is C20H28BrClN2O. The van der Waals surface area contributed by atoms with Crippen molar-refractivity contribution in [2.45, 2.75) is 56.9 Å². The van der Waals surface area contributed by atoms with Crippen molar-refractivity contribution in [3.8, 4) is 0 Å². The molecule has 25 heavy (non-hydrogen) atoms. The van der Waals surface area contributed by atoms with Crippen LogP contribution in [0.25, 0.3) is 0 Å². The summed E-state index contributed by atoms with van der Waals surface area (Å²) in [5.41, 5.74) is 1.42. The van der Waals surface area contributed by atoms with Crippen LogP contribution in [0, 0.1) is 11.3 Å². The molecule has 1 heterocycles. The van der Waals surface area contributed by atoms with Crippen LogP contribution in [0.15, 0.2) is 28.7 Å². The van der Waals surface area contributed by atoms with E-state index in [0.29, 0.717) is 11.3 Å². The van der Waals surface area contributed by atoms with Gasteiger partial charge in [-0.15, -0.1) is 12.4 Å². The fourth-order valence-electron chi connectivity index (χ4n) is 4.95. The van der Waals surface area contributed by atoms with Crippen molar-refractivity contribution in [3.63, 3.8) is 0 Å². The minimum atomic E-state index is -0.157. The van der Waals surface area contributed by atoms with E-state index in [0.717, 1.165) is 49.7 Å². The Hall–Kier alpha value is -0.580. The number of nitrogens with one attached hydrogen (secondary N) is 2. The van der Waals surface area contributed by atoms with Gasteiger partial charge < -0.3 is 10.6 Å². The number of hydrogen-bond acceptors (Lipinski definition) is 2. The number of halogens is 2. The van der Waals surface area contributed by atoms with E-state index in [-0.39, 0.29) is 23.9 Å². The van der Waals surface area contributed by atoms with Gasteiger partial charge in [-0.1, -0.05) is 47.3 Å². The van der Waals surface area contributed by atoms with Crippen LogP contribution in [-0.2, 0) is 10.3 Å². The molecule has 5 heteroatoms. The molecule has 3 aliphatic rings. The first-order valence-corrected chi connectivity index (χ1v) is 10.2. The molecule has 1 aliphatic heterocycles. The Bertz CT molecular complexity index is 624. The highest BCUT2D eigenvalue weighted by Crippen LogP contribution is 2.59. The largest absolute Gasteiger partial charge is 0.346 e. The fourth-order valence-corrected chi connectivity index (χ4v) is 5.35. The number of amides is 1. The Morgan fingerprint density at radius 3 is 2.52 bits per heavy atom. The lowest BCUT2D eigenvalue weighted by atomic mass is 9.76. The Labute approximate surface area is 165 Å². The van der Waals surface area contributed by atoms with E-state index in [2.05, 4.69) is 50.8 Å². The van der Waals surface area contributed by atoms with E-state index < -0.39 is 0 Å². The van der Waals surface area contributed by atoms with Crippen molar-refractivity contribution in [1.29, 1.82) is 0 Å². The van der Waals surface area contributed by atoms with Crippen LogP contribution in [0.3, 0.4) is 0 Å². The molecule has 0 radical (unpaired) electrons. The molecule has 4 rings (SSSR count). The molecule has 1 atom stereocenters. The van der Waals surface area contributed by atoms with Crippen molar-refractivity contribution in [1.82, 2.24) is 10.6 Å². The lowest BCUT2D eigenvalue weighted by Crippen LogP contribution is -2.48. The average molecular weight is 428 g/mol. The number of carbonyl (C=O) groups excluding carboxylic acids is 1. The van der Waals surface area contributed by atoms with Crippen molar-refractivity contribution in [2.24, 2.45) is 11.3 Å². The summed E-state index contributed by atoms with van der Waals surface area (Å²) in [4.78, 5) is 13.1. The molecule has 1 amide bonds. The molecule has 1 aromatic rings. The Balaban J connectivity index is 0.00000182. The van der Waals surface area contributed by atoms with Gasteiger partial charge in [0.1, 0.15) is 0 Å². The van der Waals surface area contributed by atoms with Gasteiger partial charge in [0.05, 0.1) is 5.54 Å². The highest BCUT2D eigenvalue weighted by molar-refractivity contribution is 9.10. The average Bonchev–Trinajstić information content (AvgIpc) is 3.29. The summed E-state index contributed by atoms with van der Waals surface area (Å²) in [5.74, 6) is 0.546. The van der Waals surface area contributed by atoms with E-state index in [4.69, 9.17) is 0 Å². The van der Waals surface area contributed by atoms with Gasteiger partial charge in [-0.25, -0.2) is 0 Å². The van der Waals surface area contributed by atoms with E-state index in [1.165, 1.54) is 24.8 Å². The van der Waals surface area contributed by atoms with E-state index in [9.17, 15) is 4.79 Å². The van der Waals surface area contributed by atoms with Crippen LogP contribution in [0.1, 0.15) is 56.9 Å². The maximum atomic E-state index is 13.1. The smallest absolute Gasteiger partial charge is 0.224 e. The third-order valence-electron chi connectivity index (χ3n) is 6.55. The second-order valence-electron chi connectivity index (χ2n) is 8.01. The van der Waals surface area contributed by atoms with Gasteiger partial charge in [-0.2, -0.15) is 0 Å². The molecule has 2 N–H and O–H groups in total. The van der Waals surface area contributed by atoms with Crippen molar-refractivity contribution >= 4 is 34.2 Å². The maximum Gasteiger partial charge on any atom is 0.224 e. The zero-order chi connectivity index (χ0) is 16.6. The zero-order valence-corrected chi connectivity index (χ0v) is 17.1. The van der Waals surface area contributed by atoms with Gasteiger partial charge in [0.25, 0.3) is 0 Å². The standard InChI is InChI=1S/C20H27BrN2O.ClH/c21-16-6-4-5-15(13-16)20(7-2-1-3-8-20)23-18(24)17-14-19(17)9-11-22-12-10-19;/h4-6,13,17,22H,1-3,7-12,14H2,(H,23,24);1H. The van der Waals surface area contributed by atoms with Crippen molar-refractivity contribution in [3.05, 3.63) is 34.3 Å². The zero-order valence-electron chi connectivity index (χ0n) is 14.7. The summed E-state index contributed by atoms with van der Waals surface area (Å²) in [6.07, 6.45) is 9.23. The van der Waals surface area contributed by atoms with Crippen LogP contribution in [-0.4, -0.2) is 19.0 Å². The molecular weight excluding hydrogens is 400 g/mol. The minimum Gasteiger partial charge on any atom is -0.346 e. The first-order chi connectivity index (χ1) is 11.6. The predicted octanol–water partition coefficient (Wildman–Crippen LogP) is 4.54. The molecule has 1 saturated heterocycles. The number of hydrogen-bond donors (Lipinski definition) is 2. The van der Waals surface area contributed by atoms with E-state index in [1.807, 2.05) is 0 Å². The molecule has 2 saturated carbocycles. The summed E-state index contributed by atoms with van der Waals surface area (Å²) in [6.45, 7) is 2.14. The van der Waals surface area contributed by atoms with Gasteiger partial charge >= 0.3 is 0 Å². The monoisotopic (exact) mass is 426 g/mol. The lowest BCUT2D eigenvalue weighted by Gasteiger charge is -2.39. The number of rotatable bonds is 3. The summed E-state index contributed by atoms with van der Waals surface area (Å²) < 4.78 is 1.10. The molecule has 3 fully saturated rings. The molecule has 138 valence electrons. The quantitative estimate of drug-likeness (QED) is 0.744. The summed E-state index contributed by atoms with van der Waals surface area (Å²) in [7, 11) is 0. The molecule has 1 spiro atoms. The van der Waals surface area contributed by atoms with Crippen LogP contribution >= 0.6 is 28.3 Å². The van der Waals surface area contributed by atoms with Crippen molar-refractivity contribution in [2.75, 3.05) is 13.1 Å². The molecule has 2 aliphatic carbocycles. The molecule has 3 nitrogen and oxygen atoms in total. The van der Waals surface area contributed by atoms with Crippen LogP contribution in [0.5, 0.6) is 0 Å².